The van der Waals surface area contributed by atoms with E-state index in [1.54, 1.807) is 11.3 Å². The highest BCUT2D eigenvalue weighted by molar-refractivity contribution is 7.09. The van der Waals surface area contributed by atoms with Gasteiger partial charge in [0, 0.05) is 30.7 Å². The molecule has 0 aliphatic rings. The summed E-state index contributed by atoms with van der Waals surface area (Å²) in [5, 5.41) is 6.68. The monoisotopic (exact) mass is 227 g/mol. The van der Waals surface area contributed by atoms with Gasteiger partial charge in [0.15, 0.2) is 0 Å². The van der Waals surface area contributed by atoms with Crippen molar-refractivity contribution >= 4 is 11.3 Å². The third-order valence-electron chi connectivity index (χ3n) is 2.27. The molecule has 0 saturated carbocycles. The van der Waals surface area contributed by atoms with Gasteiger partial charge < -0.3 is 5.32 Å². The summed E-state index contributed by atoms with van der Waals surface area (Å²) in [4.78, 5) is 6.71. The van der Waals surface area contributed by atoms with Crippen molar-refractivity contribution in [1.29, 1.82) is 0 Å². The molecule has 3 nitrogen and oxygen atoms in total. The van der Waals surface area contributed by atoms with Gasteiger partial charge in [-0.3, -0.25) is 4.90 Å². The Morgan fingerprint density at radius 1 is 1.53 bits per heavy atom. The van der Waals surface area contributed by atoms with Gasteiger partial charge in [0.2, 0.25) is 0 Å². The van der Waals surface area contributed by atoms with Crippen LogP contribution in [0, 0.1) is 0 Å². The summed E-state index contributed by atoms with van der Waals surface area (Å²) in [7, 11) is 0. The van der Waals surface area contributed by atoms with Crippen LogP contribution in [-0.2, 0) is 6.54 Å². The smallest absolute Gasteiger partial charge is 0.107 e. The van der Waals surface area contributed by atoms with Crippen molar-refractivity contribution in [3.8, 4) is 0 Å². The highest BCUT2D eigenvalue weighted by Crippen LogP contribution is 2.07. The number of rotatable bonds is 7. The molecule has 1 aromatic rings. The summed E-state index contributed by atoms with van der Waals surface area (Å²) in [6.45, 7) is 10.8. The maximum absolute atomic E-state index is 4.30. The lowest BCUT2D eigenvalue weighted by Crippen LogP contribution is -2.34. The maximum atomic E-state index is 4.30. The topological polar surface area (TPSA) is 28.2 Å². The van der Waals surface area contributed by atoms with E-state index in [-0.39, 0.29) is 0 Å². The van der Waals surface area contributed by atoms with Crippen LogP contribution in [0.15, 0.2) is 11.6 Å². The Kier molecular flexibility index (Phi) is 5.83. The highest BCUT2D eigenvalue weighted by atomic mass is 32.1. The third kappa shape index (κ3) is 5.25. The Morgan fingerprint density at radius 3 is 2.87 bits per heavy atom. The zero-order valence-electron chi connectivity index (χ0n) is 9.86. The standard InChI is InChI=1S/C11H21N3S/c1-4-14(7-5-12-10(2)3)9-11-13-6-8-15-11/h6,8,10,12H,4-5,7,9H2,1-3H3. The van der Waals surface area contributed by atoms with Crippen molar-refractivity contribution in [2.75, 3.05) is 19.6 Å². The normalized spacial score (nSPS) is 11.5. The Labute approximate surface area is 96.5 Å². The molecule has 0 amide bonds. The van der Waals surface area contributed by atoms with Crippen LogP contribution in [0.1, 0.15) is 25.8 Å². The molecule has 0 atom stereocenters. The average molecular weight is 227 g/mol. The molecule has 0 saturated heterocycles. The van der Waals surface area contributed by atoms with Crippen molar-refractivity contribution in [1.82, 2.24) is 15.2 Å². The molecule has 15 heavy (non-hydrogen) atoms. The third-order valence-corrected chi connectivity index (χ3v) is 3.03. The summed E-state index contributed by atoms with van der Waals surface area (Å²) in [6, 6.07) is 0.573. The van der Waals surface area contributed by atoms with Gasteiger partial charge in [-0.05, 0) is 6.54 Å². The van der Waals surface area contributed by atoms with E-state index in [4.69, 9.17) is 0 Å². The molecular formula is C11H21N3S. The molecule has 4 heteroatoms. The van der Waals surface area contributed by atoms with Crippen LogP contribution in [0.2, 0.25) is 0 Å². The number of hydrogen-bond donors (Lipinski definition) is 1. The number of hydrogen-bond acceptors (Lipinski definition) is 4. The van der Waals surface area contributed by atoms with Crippen molar-refractivity contribution < 1.29 is 0 Å². The number of likely N-dealkylation sites (N-methyl/N-ethyl adjacent to an activating group) is 1. The van der Waals surface area contributed by atoms with Crippen molar-refractivity contribution in [2.24, 2.45) is 0 Å². The molecular weight excluding hydrogens is 206 g/mol. The van der Waals surface area contributed by atoms with E-state index >= 15 is 0 Å². The van der Waals surface area contributed by atoms with Gasteiger partial charge in [-0.1, -0.05) is 20.8 Å². The van der Waals surface area contributed by atoms with Gasteiger partial charge >= 0.3 is 0 Å². The fraction of sp³-hybridized carbons (Fsp3) is 0.727. The van der Waals surface area contributed by atoms with E-state index in [0.29, 0.717) is 6.04 Å². The van der Waals surface area contributed by atoms with Crippen LogP contribution in [0.3, 0.4) is 0 Å². The van der Waals surface area contributed by atoms with Crippen molar-refractivity contribution in [3.63, 3.8) is 0 Å². The van der Waals surface area contributed by atoms with Crippen molar-refractivity contribution in [2.45, 2.75) is 33.4 Å². The second kappa shape index (κ2) is 6.93. The van der Waals surface area contributed by atoms with E-state index in [1.807, 2.05) is 11.6 Å². The fourth-order valence-electron chi connectivity index (χ4n) is 1.38. The van der Waals surface area contributed by atoms with Crippen LogP contribution in [0.25, 0.3) is 0 Å². The second-order valence-electron chi connectivity index (χ2n) is 3.90. The van der Waals surface area contributed by atoms with E-state index in [1.165, 1.54) is 5.01 Å². The van der Waals surface area contributed by atoms with Gasteiger partial charge in [-0.15, -0.1) is 11.3 Å². The molecule has 1 aromatic heterocycles. The number of thiazole rings is 1. The minimum atomic E-state index is 0.573. The summed E-state index contributed by atoms with van der Waals surface area (Å²) in [6.07, 6.45) is 1.88. The molecule has 0 bridgehead atoms. The first-order valence-electron chi connectivity index (χ1n) is 5.56. The van der Waals surface area contributed by atoms with E-state index < -0.39 is 0 Å². The van der Waals surface area contributed by atoms with Crippen LogP contribution < -0.4 is 5.32 Å². The number of nitrogens with one attached hydrogen (secondary N) is 1. The molecule has 0 aromatic carbocycles. The molecule has 0 aliphatic heterocycles. The first kappa shape index (κ1) is 12.6. The largest absolute Gasteiger partial charge is 0.313 e. The lowest BCUT2D eigenvalue weighted by atomic mass is 10.4. The molecule has 0 fully saturated rings. The Hall–Kier alpha value is -0.450. The summed E-state index contributed by atoms with van der Waals surface area (Å²) < 4.78 is 0. The molecule has 0 aliphatic carbocycles. The van der Waals surface area contributed by atoms with Gasteiger partial charge in [-0.2, -0.15) is 0 Å². The zero-order valence-corrected chi connectivity index (χ0v) is 10.7. The van der Waals surface area contributed by atoms with Crippen LogP contribution >= 0.6 is 11.3 Å². The average Bonchev–Trinajstić information content (AvgIpc) is 2.68. The quantitative estimate of drug-likeness (QED) is 0.772. The van der Waals surface area contributed by atoms with Gasteiger partial charge in [0.05, 0.1) is 6.54 Å². The lowest BCUT2D eigenvalue weighted by molar-refractivity contribution is 0.276. The van der Waals surface area contributed by atoms with Gasteiger partial charge in [-0.25, -0.2) is 4.98 Å². The summed E-state index contributed by atoms with van der Waals surface area (Å²) in [5.41, 5.74) is 0. The Morgan fingerprint density at radius 2 is 2.33 bits per heavy atom. The van der Waals surface area contributed by atoms with Crippen LogP contribution in [0.4, 0.5) is 0 Å². The molecule has 0 spiro atoms. The summed E-state index contributed by atoms with van der Waals surface area (Å²) in [5.74, 6) is 0. The minimum absolute atomic E-state index is 0.573. The van der Waals surface area contributed by atoms with Crippen LogP contribution in [-0.4, -0.2) is 35.6 Å². The Bertz CT molecular complexity index is 246. The predicted molar refractivity (Wildman–Crippen MR) is 66.2 cm³/mol. The van der Waals surface area contributed by atoms with E-state index in [0.717, 1.165) is 26.2 Å². The lowest BCUT2D eigenvalue weighted by Gasteiger charge is -2.20. The minimum Gasteiger partial charge on any atom is -0.313 e. The first-order chi connectivity index (χ1) is 7.22. The Balaban J connectivity index is 2.24. The SMILES string of the molecule is CCN(CCNC(C)C)Cc1nccs1. The molecule has 1 rings (SSSR count). The van der Waals surface area contributed by atoms with E-state index in [2.05, 4.69) is 36.0 Å². The van der Waals surface area contributed by atoms with Crippen LogP contribution in [0.5, 0.6) is 0 Å². The molecule has 0 radical (unpaired) electrons. The fourth-order valence-corrected chi connectivity index (χ4v) is 2.04. The molecule has 86 valence electrons. The molecule has 1 heterocycles. The number of aromatic nitrogens is 1. The van der Waals surface area contributed by atoms with Crippen molar-refractivity contribution in [3.05, 3.63) is 16.6 Å². The molecule has 0 unspecified atom stereocenters. The zero-order chi connectivity index (χ0) is 11.1. The van der Waals surface area contributed by atoms with Gasteiger partial charge in [0.25, 0.3) is 0 Å². The second-order valence-corrected chi connectivity index (χ2v) is 4.88. The summed E-state index contributed by atoms with van der Waals surface area (Å²) >= 11 is 1.73. The molecule has 1 N–H and O–H groups in total. The predicted octanol–water partition coefficient (Wildman–Crippen LogP) is 1.96. The first-order valence-corrected chi connectivity index (χ1v) is 6.44. The maximum Gasteiger partial charge on any atom is 0.107 e. The highest BCUT2D eigenvalue weighted by Gasteiger charge is 2.05. The number of nitrogens with zero attached hydrogens (tertiary/aromatic N) is 2. The van der Waals surface area contributed by atoms with E-state index in [9.17, 15) is 0 Å². The van der Waals surface area contributed by atoms with Gasteiger partial charge in [0.1, 0.15) is 5.01 Å².